The van der Waals surface area contributed by atoms with Gasteiger partial charge in [0, 0.05) is 44.1 Å². The summed E-state index contributed by atoms with van der Waals surface area (Å²) < 4.78 is 10.5. The zero-order chi connectivity index (χ0) is 17.6. The van der Waals surface area contributed by atoms with Gasteiger partial charge < -0.3 is 14.4 Å². The molecule has 0 aliphatic carbocycles. The molecule has 25 heavy (non-hydrogen) atoms. The SMILES string of the molecule is COCC(=O)N1CCCC(c2nccnc2-c2ccccc2OC)C1. The molecule has 3 rings (SSSR count). The summed E-state index contributed by atoms with van der Waals surface area (Å²) in [6.07, 6.45) is 5.34. The van der Waals surface area contributed by atoms with Gasteiger partial charge in [-0.3, -0.25) is 14.8 Å². The quantitative estimate of drug-likeness (QED) is 0.836. The fourth-order valence-corrected chi connectivity index (χ4v) is 3.34. The van der Waals surface area contributed by atoms with Crippen molar-refractivity contribution < 1.29 is 14.3 Å². The summed E-state index contributed by atoms with van der Waals surface area (Å²) >= 11 is 0. The van der Waals surface area contributed by atoms with Gasteiger partial charge >= 0.3 is 0 Å². The molecule has 6 heteroatoms. The molecule has 2 heterocycles. The van der Waals surface area contributed by atoms with Crippen molar-refractivity contribution in [2.75, 3.05) is 33.9 Å². The summed E-state index contributed by atoms with van der Waals surface area (Å²) in [7, 11) is 3.20. The number of aromatic nitrogens is 2. The van der Waals surface area contributed by atoms with Crippen LogP contribution in [0.5, 0.6) is 5.75 Å². The molecule has 1 aromatic carbocycles. The van der Waals surface area contributed by atoms with Crippen molar-refractivity contribution in [3.8, 4) is 17.0 Å². The molecule has 1 atom stereocenters. The maximum Gasteiger partial charge on any atom is 0.248 e. The number of methoxy groups -OCH3 is 2. The minimum Gasteiger partial charge on any atom is -0.496 e. The van der Waals surface area contributed by atoms with Crippen LogP contribution in [0.1, 0.15) is 24.5 Å². The van der Waals surface area contributed by atoms with E-state index in [2.05, 4.69) is 9.97 Å². The Bertz CT molecular complexity index is 735. The summed E-state index contributed by atoms with van der Waals surface area (Å²) in [6.45, 7) is 1.53. The van der Waals surface area contributed by atoms with Crippen molar-refractivity contribution in [2.24, 2.45) is 0 Å². The third-order valence-corrected chi connectivity index (χ3v) is 4.52. The first-order valence-corrected chi connectivity index (χ1v) is 8.45. The second kappa shape index (κ2) is 8.07. The van der Waals surface area contributed by atoms with Crippen molar-refractivity contribution >= 4 is 5.91 Å². The average molecular weight is 341 g/mol. The number of ether oxygens (including phenoxy) is 2. The molecule has 132 valence electrons. The molecule has 0 radical (unpaired) electrons. The van der Waals surface area contributed by atoms with Gasteiger partial charge in [-0.05, 0) is 25.0 Å². The number of nitrogens with zero attached hydrogens (tertiary/aromatic N) is 3. The van der Waals surface area contributed by atoms with Crippen LogP contribution in [-0.2, 0) is 9.53 Å². The molecule has 1 aromatic heterocycles. The number of hydrogen-bond acceptors (Lipinski definition) is 5. The summed E-state index contributed by atoms with van der Waals surface area (Å²) in [6, 6.07) is 7.81. The Labute approximate surface area is 147 Å². The summed E-state index contributed by atoms with van der Waals surface area (Å²) in [5.74, 6) is 0.950. The van der Waals surface area contributed by atoms with Gasteiger partial charge in [0.2, 0.25) is 5.91 Å². The van der Waals surface area contributed by atoms with E-state index in [9.17, 15) is 4.79 Å². The van der Waals surface area contributed by atoms with Crippen LogP contribution in [0.4, 0.5) is 0 Å². The topological polar surface area (TPSA) is 64.5 Å². The molecule has 1 amide bonds. The summed E-state index contributed by atoms with van der Waals surface area (Å²) in [5.41, 5.74) is 2.67. The van der Waals surface area contributed by atoms with Crippen LogP contribution in [0.25, 0.3) is 11.3 Å². The maximum absolute atomic E-state index is 12.2. The molecule has 1 unspecified atom stereocenters. The lowest BCUT2D eigenvalue weighted by atomic mass is 9.91. The zero-order valence-electron chi connectivity index (χ0n) is 14.6. The molecule has 1 aliphatic heterocycles. The Balaban J connectivity index is 1.92. The van der Waals surface area contributed by atoms with Crippen LogP contribution in [-0.4, -0.2) is 54.7 Å². The van der Waals surface area contributed by atoms with Gasteiger partial charge in [-0.2, -0.15) is 0 Å². The lowest BCUT2D eigenvalue weighted by Gasteiger charge is -2.33. The lowest BCUT2D eigenvalue weighted by molar-refractivity contribution is -0.136. The van der Waals surface area contributed by atoms with Gasteiger partial charge in [-0.1, -0.05) is 12.1 Å². The number of hydrogen-bond donors (Lipinski definition) is 0. The van der Waals surface area contributed by atoms with E-state index in [0.717, 1.165) is 42.1 Å². The zero-order valence-corrected chi connectivity index (χ0v) is 14.6. The van der Waals surface area contributed by atoms with Gasteiger partial charge in [0.25, 0.3) is 0 Å². The number of carbonyl (C=O) groups is 1. The number of piperidine rings is 1. The van der Waals surface area contributed by atoms with E-state index in [1.54, 1.807) is 26.6 Å². The van der Waals surface area contributed by atoms with Gasteiger partial charge in [-0.25, -0.2) is 0 Å². The highest BCUT2D eigenvalue weighted by Crippen LogP contribution is 2.35. The second-order valence-electron chi connectivity index (χ2n) is 6.10. The predicted molar refractivity (Wildman–Crippen MR) is 94.5 cm³/mol. The van der Waals surface area contributed by atoms with Gasteiger partial charge in [0.05, 0.1) is 18.5 Å². The Hall–Kier alpha value is -2.47. The highest BCUT2D eigenvalue weighted by Gasteiger charge is 2.28. The van der Waals surface area contributed by atoms with Crippen LogP contribution in [0.3, 0.4) is 0 Å². The molecule has 2 aromatic rings. The predicted octanol–water partition coefficient (Wildman–Crippen LogP) is 2.50. The molecule has 1 aliphatic rings. The summed E-state index contributed by atoms with van der Waals surface area (Å²) in [4.78, 5) is 23.2. The number of rotatable bonds is 5. The van der Waals surface area contributed by atoms with Gasteiger partial charge in [0.15, 0.2) is 0 Å². The molecule has 1 fully saturated rings. The molecule has 1 saturated heterocycles. The van der Waals surface area contributed by atoms with Crippen molar-refractivity contribution in [3.05, 3.63) is 42.4 Å². The first-order chi connectivity index (χ1) is 12.2. The van der Waals surface area contributed by atoms with Crippen LogP contribution in [0, 0.1) is 0 Å². The minimum atomic E-state index is 0.0231. The molecule has 0 saturated carbocycles. The van der Waals surface area contributed by atoms with Crippen molar-refractivity contribution in [1.82, 2.24) is 14.9 Å². The van der Waals surface area contributed by atoms with Crippen molar-refractivity contribution in [3.63, 3.8) is 0 Å². The van der Waals surface area contributed by atoms with Gasteiger partial charge in [0.1, 0.15) is 12.4 Å². The Morgan fingerprint density at radius 3 is 2.84 bits per heavy atom. The molecular formula is C19H23N3O3. The monoisotopic (exact) mass is 341 g/mol. The second-order valence-corrected chi connectivity index (χ2v) is 6.10. The normalized spacial score (nSPS) is 17.4. The molecule has 0 bridgehead atoms. The smallest absolute Gasteiger partial charge is 0.248 e. The molecule has 0 N–H and O–H groups in total. The van der Waals surface area contributed by atoms with Gasteiger partial charge in [-0.15, -0.1) is 0 Å². The first-order valence-electron chi connectivity index (χ1n) is 8.45. The highest BCUT2D eigenvalue weighted by molar-refractivity contribution is 5.77. The van der Waals surface area contributed by atoms with E-state index in [1.807, 2.05) is 29.2 Å². The van der Waals surface area contributed by atoms with Crippen LogP contribution < -0.4 is 4.74 Å². The molecule has 0 spiro atoms. The average Bonchev–Trinajstić information content (AvgIpc) is 2.68. The Kier molecular flexibility index (Phi) is 5.60. The van der Waals surface area contributed by atoms with E-state index >= 15 is 0 Å². The third kappa shape index (κ3) is 3.79. The lowest BCUT2D eigenvalue weighted by Crippen LogP contribution is -2.41. The fourth-order valence-electron chi connectivity index (χ4n) is 3.34. The molecule has 6 nitrogen and oxygen atoms in total. The van der Waals surface area contributed by atoms with Crippen LogP contribution in [0.15, 0.2) is 36.7 Å². The van der Waals surface area contributed by atoms with E-state index in [0.29, 0.717) is 6.54 Å². The highest BCUT2D eigenvalue weighted by atomic mass is 16.5. The Morgan fingerprint density at radius 2 is 2.04 bits per heavy atom. The molecular weight excluding hydrogens is 318 g/mol. The number of carbonyl (C=O) groups excluding carboxylic acids is 1. The van der Waals surface area contributed by atoms with E-state index in [4.69, 9.17) is 9.47 Å². The standard InChI is InChI=1S/C19H23N3O3/c1-24-13-17(23)22-11-5-6-14(12-22)18-19(21-10-9-20-18)15-7-3-4-8-16(15)25-2/h3-4,7-10,14H,5-6,11-13H2,1-2H3. The number of benzene rings is 1. The largest absolute Gasteiger partial charge is 0.496 e. The Morgan fingerprint density at radius 1 is 1.24 bits per heavy atom. The van der Waals surface area contributed by atoms with Crippen molar-refractivity contribution in [2.45, 2.75) is 18.8 Å². The fraction of sp³-hybridized carbons (Fsp3) is 0.421. The first kappa shape index (κ1) is 17.4. The van der Waals surface area contributed by atoms with E-state index < -0.39 is 0 Å². The van der Waals surface area contributed by atoms with Crippen LogP contribution >= 0.6 is 0 Å². The van der Waals surface area contributed by atoms with Crippen LogP contribution in [0.2, 0.25) is 0 Å². The van der Waals surface area contributed by atoms with E-state index in [-0.39, 0.29) is 18.4 Å². The van der Waals surface area contributed by atoms with Crippen molar-refractivity contribution in [1.29, 1.82) is 0 Å². The number of likely N-dealkylation sites (tertiary alicyclic amines) is 1. The summed E-state index contributed by atoms with van der Waals surface area (Å²) in [5, 5.41) is 0. The minimum absolute atomic E-state index is 0.0231. The number of amides is 1. The maximum atomic E-state index is 12.2. The number of para-hydroxylation sites is 1. The van der Waals surface area contributed by atoms with E-state index in [1.165, 1.54) is 0 Å². The third-order valence-electron chi connectivity index (χ3n) is 4.52.